The molecule has 1 aromatic carbocycles. The van der Waals surface area contributed by atoms with Gasteiger partial charge in [0.25, 0.3) is 0 Å². The Morgan fingerprint density at radius 2 is 1.89 bits per heavy atom. The molecule has 2 rings (SSSR count). The van der Waals surface area contributed by atoms with Gasteiger partial charge < -0.3 is 5.32 Å². The average molecular weight is 245 g/mol. The average Bonchev–Trinajstić information content (AvgIpc) is 2.43. The molecule has 2 atom stereocenters. The summed E-state index contributed by atoms with van der Waals surface area (Å²) in [6.45, 7) is 4.49. The minimum absolute atomic E-state index is 0.0438. The van der Waals surface area contributed by atoms with Gasteiger partial charge in [-0.3, -0.25) is 4.79 Å². The molecule has 0 heterocycles. The van der Waals surface area contributed by atoms with E-state index in [-0.39, 0.29) is 11.0 Å². The van der Waals surface area contributed by atoms with Gasteiger partial charge >= 0.3 is 0 Å². The number of rotatable bonds is 4. The van der Waals surface area contributed by atoms with Gasteiger partial charge in [0.05, 0.1) is 0 Å². The van der Waals surface area contributed by atoms with Gasteiger partial charge in [-0.05, 0) is 24.8 Å². The van der Waals surface area contributed by atoms with E-state index < -0.39 is 0 Å². The summed E-state index contributed by atoms with van der Waals surface area (Å²) >= 11 is 0. The molecular weight excluding hydrogens is 222 g/mol. The number of nitrogens with one attached hydrogen (secondary N) is 1. The van der Waals surface area contributed by atoms with Gasteiger partial charge in [-0.2, -0.15) is 0 Å². The number of hydrogen-bond donors (Lipinski definition) is 1. The molecule has 1 aromatic rings. The van der Waals surface area contributed by atoms with Gasteiger partial charge in [0, 0.05) is 11.0 Å². The molecule has 2 nitrogen and oxygen atoms in total. The lowest BCUT2D eigenvalue weighted by atomic mass is 9.58. The molecule has 0 radical (unpaired) electrons. The Hall–Kier alpha value is -1.31. The van der Waals surface area contributed by atoms with E-state index in [0.29, 0.717) is 0 Å². The maximum Gasteiger partial charge on any atom is 0.207 e. The van der Waals surface area contributed by atoms with Gasteiger partial charge in [0.1, 0.15) is 0 Å². The monoisotopic (exact) mass is 245 g/mol. The SMILES string of the molecule is CCC1(NC=O)CCCCC1(C)c1ccccc1. The fourth-order valence-corrected chi connectivity index (χ4v) is 3.66. The third-order valence-corrected chi connectivity index (χ3v) is 4.94. The lowest BCUT2D eigenvalue weighted by Crippen LogP contribution is -2.60. The normalized spacial score (nSPS) is 31.9. The van der Waals surface area contributed by atoms with E-state index >= 15 is 0 Å². The van der Waals surface area contributed by atoms with Gasteiger partial charge in [0.2, 0.25) is 6.41 Å². The van der Waals surface area contributed by atoms with Crippen LogP contribution in [0.25, 0.3) is 0 Å². The Kier molecular flexibility index (Phi) is 3.74. The van der Waals surface area contributed by atoms with Crippen molar-refractivity contribution in [3.63, 3.8) is 0 Å². The molecule has 1 N–H and O–H groups in total. The van der Waals surface area contributed by atoms with Crippen LogP contribution in [0.2, 0.25) is 0 Å². The molecule has 18 heavy (non-hydrogen) atoms. The Labute approximate surface area is 110 Å². The molecule has 0 spiro atoms. The topological polar surface area (TPSA) is 29.1 Å². The summed E-state index contributed by atoms with van der Waals surface area (Å²) in [4.78, 5) is 11.0. The zero-order valence-corrected chi connectivity index (χ0v) is 11.4. The third-order valence-electron chi connectivity index (χ3n) is 4.94. The molecule has 0 bridgehead atoms. The van der Waals surface area contributed by atoms with Crippen molar-refractivity contribution in [2.24, 2.45) is 0 Å². The summed E-state index contributed by atoms with van der Waals surface area (Å²) in [5.41, 5.74) is 1.30. The van der Waals surface area contributed by atoms with E-state index in [1.54, 1.807) is 0 Å². The first-order valence-corrected chi connectivity index (χ1v) is 6.95. The van der Waals surface area contributed by atoms with Gasteiger partial charge in [-0.15, -0.1) is 0 Å². The van der Waals surface area contributed by atoms with E-state index in [1.807, 2.05) is 0 Å². The Morgan fingerprint density at radius 1 is 1.22 bits per heavy atom. The lowest BCUT2D eigenvalue weighted by molar-refractivity contribution is -0.112. The molecule has 1 saturated carbocycles. The van der Waals surface area contributed by atoms with Crippen molar-refractivity contribution in [3.8, 4) is 0 Å². The van der Waals surface area contributed by atoms with Crippen LogP contribution >= 0.6 is 0 Å². The smallest absolute Gasteiger partial charge is 0.207 e. The Balaban J connectivity index is 2.46. The highest BCUT2D eigenvalue weighted by molar-refractivity contribution is 5.50. The quantitative estimate of drug-likeness (QED) is 0.809. The molecule has 0 aromatic heterocycles. The highest BCUT2D eigenvalue weighted by Crippen LogP contribution is 2.47. The number of benzene rings is 1. The van der Waals surface area contributed by atoms with Crippen LogP contribution in [0.5, 0.6) is 0 Å². The summed E-state index contributed by atoms with van der Waals surface area (Å²) in [5, 5.41) is 3.16. The second-order valence-electron chi connectivity index (χ2n) is 5.60. The Morgan fingerprint density at radius 3 is 2.50 bits per heavy atom. The molecule has 1 aliphatic rings. The molecule has 2 unspecified atom stereocenters. The molecular formula is C16H23NO. The van der Waals surface area contributed by atoms with Gasteiger partial charge in [-0.25, -0.2) is 0 Å². The lowest BCUT2D eigenvalue weighted by Gasteiger charge is -2.52. The number of amides is 1. The predicted molar refractivity (Wildman–Crippen MR) is 74.5 cm³/mol. The van der Waals surface area contributed by atoms with Crippen LogP contribution in [0.15, 0.2) is 30.3 Å². The standard InChI is InChI=1S/C16H23NO/c1-3-16(17-13-18)12-8-7-11-15(16,2)14-9-5-4-6-10-14/h4-6,9-10,13H,3,7-8,11-12H2,1-2H3,(H,17,18). The molecule has 98 valence electrons. The van der Waals surface area contributed by atoms with Crippen LogP contribution in [0.4, 0.5) is 0 Å². The molecule has 2 heteroatoms. The van der Waals surface area contributed by atoms with E-state index in [9.17, 15) is 4.79 Å². The van der Waals surface area contributed by atoms with Crippen molar-refractivity contribution in [1.29, 1.82) is 0 Å². The van der Waals surface area contributed by atoms with Crippen LogP contribution in [0.1, 0.15) is 51.5 Å². The van der Waals surface area contributed by atoms with Crippen molar-refractivity contribution in [2.45, 2.75) is 56.9 Å². The second-order valence-corrected chi connectivity index (χ2v) is 5.60. The van der Waals surface area contributed by atoms with Crippen LogP contribution in [0, 0.1) is 0 Å². The maximum absolute atomic E-state index is 11.0. The molecule has 1 fully saturated rings. The molecule has 1 aliphatic carbocycles. The number of carbonyl (C=O) groups excluding carboxylic acids is 1. The Bertz CT molecular complexity index is 403. The van der Waals surface area contributed by atoms with Crippen LogP contribution in [-0.4, -0.2) is 11.9 Å². The molecule has 0 saturated heterocycles. The van der Waals surface area contributed by atoms with Crippen LogP contribution < -0.4 is 5.32 Å². The summed E-state index contributed by atoms with van der Waals surface area (Å²) in [5.74, 6) is 0. The number of carbonyl (C=O) groups is 1. The van der Waals surface area contributed by atoms with Crippen LogP contribution in [0.3, 0.4) is 0 Å². The molecule has 0 aliphatic heterocycles. The summed E-state index contributed by atoms with van der Waals surface area (Å²) < 4.78 is 0. The van der Waals surface area contributed by atoms with Crippen molar-refractivity contribution in [3.05, 3.63) is 35.9 Å². The fourth-order valence-electron chi connectivity index (χ4n) is 3.66. The summed E-state index contributed by atoms with van der Waals surface area (Å²) in [6.07, 6.45) is 6.54. The molecule has 1 amide bonds. The largest absolute Gasteiger partial charge is 0.352 e. The van der Waals surface area contributed by atoms with Crippen LogP contribution in [-0.2, 0) is 10.2 Å². The highest BCUT2D eigenvalue weighted by atomic mass is 16.1. The number of hydrogen-bond acceptors (Lipinski definition) is 1. The van der Waals surface area contributed by atoms with Crippen molar-refractivity contribution in [1.82, 2.24) is 5.32 Å². The van der Waals surface area contributed by atoms with E-state index in [4.69, 9.17) is 0 Å². The first-order chi connectivity index (χ1) is 8.68. The minimum atomic E-state index is -0.0889. The minimum Gasteiger partial charge on any atom is -0.352 e. The second kappa shape index (κ2) is 5.13. The zero-order chi connectivity index (χ0) is 13.1. The highest BCUT2D eigenvalue weighted by Gasteiger charge is 2.49. The van der Waals surface area contributed by atoms with Crippen molar-refractivity contribution >= 4 is 6.41 Å². The summed E-state index contributed by atoms with van der Waals surface area (Å²) in [7, 11) is 0. The predicted octanol–water partition coefficient (Wildman–Crippen LogP) is 3.41. The zero-order valence-electron chi connectivity index (χ0n) is 11.4. The van der Waals surface area contributed by atoms with Crippen molar-refractivity contribution in [2.75, 3.05) is 0 Å². The van der Waals surface area contributed by atoms with E-state index in [2.05, 4.69) is 49.5 Å². The maximum atomic E-state index is 11.0. The fraction of sp³-hybridized carbons (Fsp3) is 0.562. The third kappa shape index (κ3) is 1.94. The first kappa shape index (κ1) is 13.1. The van der Waals surface area contributed by atoms with E-state index in [1.165, 1.54) is 18.4 Å². The summed E-state index contributed by atoms with van der Waals surface area (Å²) in [6, 6.07) is 10.6. The van der Waals surface area contributed by atoms with Crippen molar-refractivity contribution < 1.29 is 4.79 Å². The van der Waals surface area contributed by atoms with E-state index in [0.717, 1.165) is 25.7 Å². The first-order valence-electron chi connectivity index (χ1n) is 6.95. The van der Waals surface area contributed by atoms with Gasteiger partial charge in [0.15, 0.2) is 0 Å². The van der Waals surface area contributed by atoms with Gasteiger partial charge in [-0.1, -0.05) is 57.0 Å².